The van der Waals surface area contributed by atoms with Crippen LogP contribution in [0.1, 0.15) is 52.9 Å². The van der Waals surface area contributed by atoms with Crippen LogP contribution < -0.4 is 5.73 Å². The minimum Gasteiger partial charge on any atom is -0.367 e. The van der Waals surface area contributed by atoms with Gasteiger partial charge in [-0.3, -0.25) is 0 Å². The Labute approximate surface area is 104 Å². The van der Waals surface area contributed by atoms with E-state index in [9.17, 15) is 0 Å². The monoisotopic (exact) mass is 235 g/mol. The number of hydrogen-bond acceptors (Lipinski definition) is 2. The Hall–Kier alpha value is -0.0800. The molecule has 2 nitrogen and oxygen atoms in total. The van der Waals surface area contributed by atoms with Gasteiger partial charge in [0.1, 0.15) is 0 Å². The number of ether oxygens (including phenoxy) is 1. The molecule has 3 saturated carbocycles. The molecule has 1 saturated heterocycles. The van der Waals surface area contributed by atoms with Crippen LogP contribution in [0, 0.1) is 23.2 Å². The lowest BCUT2D eigenvalue weighted by Gasteiger charge is -2.54. The van der Waals surface area contributed by atoms with E-state index in [0.29, 0.717) is 11.3 Å². The van der Waals surface area contributed by atoms with E-state index < -0.39 is 0 Å². The van der Waals surface area contributed by atoms with Gasteiger partial charge >= 0.3 is 0 Å². The minimum absolute atomic E-state index is 0.0288. The third-order valence-electron chi connectivity index (χ3n) is 7.28. The Morgan fingerprint density at radius 3 is 2.71 bits per heavy atom. The molecule has 96 valence electrons. The Morgan fingerprint density at radius 1 is 1.18 bits per heavy atom. The molecule has 0 aromatic carbocycles. The van der Waals surface area contributed by atoms with Crippen LogP contribution >= 0.6 is 0 Å². The molecule has 0 radical (unpaired) electrons. The van der Waals surface area contributed by atoms with Crippen molar-refractivity contribution >= 4 is 0 Å². The van der Waals surface area contributed by atoms with Gasteiger partial charge in [0.05, 0.1) is 11.2 Å². The molecule has 0 aromatic rings. The second-order valence-corrected chi connectivity index (χ2v) is 7.70. The van der Waals surface area contributed by atoms with Gasteiger partial charge in [0.25, 0.3) is 0 Å². The Morgan fingerprint density at radius 2 is 1.94 bits per heavy atom. The standard InChI is InChI=1S/C15H25NO/c1-9-4-5-11-14(3)12(16)10-8-15(9,11)7-6-13(10,2)17-14/h9-12H,4-8,16H2,1-3H3/t9-,10-,11+,12+,13-,14+,15+/m1/s1. The zero-order valence-corrected chi connectivity index (χ0v) is 11.3. The highest BCUT2D eigenvalue weighted by Gasteiger charge is 2.73. The van der Waals surface area contributed by atoms with Gasteiger partial charge in [-0.2, -0.15) is 0 Å². The SMILES string of the molecule is C[C@@H]1CC[C@@H]2[C@]13CC[C@@]1(C)O[C@]2(C)[C@@H](N)[C@H]1C3. The summed E-state index contributed by atoms with van der Waals surface area (Å²) in [6, 6.07) is 0.274. The molecule has 2 N–H and O–H groups in total. The first kappa shape index (κ1) is 10.8. The van der Waals surface area contributed by atoms with Crippen molar-refractivity contribution in [2.24, 2.45) is 28.9 Å². The third kappa shape index (κ3) is 0.952. The van der Waals surface area contributed by atoms with Crippen molar-refractivity contribution in [3.63, 3.8) is 0 Å². The lowest BCUT2D eigenvalue weighted by atomic mass is 9.49. The molecule has 1 spiro atoms. The summed E-state index contributed by atoms with van der Waals surface area (Å²) in [4.78, 5) is 0. The van der Waals surface area contributed by atoms with Crippen molar-refractivity contribution in [3.8, 4) is 0 Å². The van der Waals surface area contributed by atoms with E-state index in [-0.39, 0.29) is 17.2 Å². The fourth-order valence-corrected chi connectivity index (χ4v) is 6.26. The predicted molar refractivity (Wildman–Crippen MR) is 67.5 cm³/mol. The zero-order valence-electron chi connectivity index (χ0n) is 11.3. The molecule has 3 bridgehead atoms. The van der Waals surface area contributed by atoms with Crippen LogP contribution in [0.25, 0.3) is 0 Å². The average molecular weight is 235 g/mol. The predicted octanol–water partition coefficient (Wildman–Crippen LogP) is 2.71. The lowest BCUT2D eigenvalue weighted by molar-refractivity contribution is -0.112. The molecule has 0 amide bonds. The smallest absolute Gasteiger partial charge is 0.0849 e. The molecule has 1 heterocycles. The summed E-state index contributed by atoms with van der Waals surface area (Å²) < 4.78 is 6.60. The van der Waals surface area contributed by atoms with Gasteiger partial charge in [-0.15, -0.1) is 0 Å². The number of rotatable bonds is 0. The minimum atomic E-state index is -0.0288. The molecule has 17 heavy (non-hydrogen) atoms. The van der Waals surface area contributed by atoms with Gasteiger partial charge in [-0.1, -0.05) is 6.92 Å². The molecule has 2 heteroatoms. The average Bonchev–Trinajstić information content (AvgIpc) is 2.62. The maximum absolute atomic E-state index is 6.60. The van der Waals surface area contributed by atoms with Gasteiger partial charge in [0.15, 0.2) is 0 Å². The van der Waals surface area contributed by atoms with E-state index in [1.54, 1.807) is 0 Å². The Kier molecular flexibility index (Phi) is 1.75. The van der Waals surface area contributed by atoms with E-state index in [4.69, 9.17) is 10.5 Å². The molecule has 4 rings (SSSR count). The van der Waals surface area contributed by atoms with Crippen LogP contribution in [-0.2, 0) is 4.74 Å². The Balaban J connectivity index is 1.90. The first-order valence-electron chi connectivity index (χ1n) is 7.38. The van der Waals surface area contributed by atoms with Crippen LogP contribution in [0.5, 0.6) is 0 Å². The van der Waals surface area contributed by atoms with Crippen LogP contribution in [0.3, 0.4) is 0 Å². The summed E-state index contributed by atoms with van der Waals surface area (Å²) in [6.45, 7) is 7.11. The van der Waals surface area contributed by atoms with Crippen LogP contribution in [0.2, 0.25) is 0 Å². The summed E-state index contributed by atoms with van der Waals surface area (Å²) in [6.07, 6.45) is 6.69. The normalized spacial score (nSPS) is 68.5. The second-order valence-electron chi connectivity index (χ2n) is 7.70. The third-order valence-corrected chi connectivity index (χ3v) is 7.28. The van der Waals surface area contributed by atoms with E-state index in [1.165, 1.54) is 32.1 Å². The van der Waals surface area contributed by atoms with Crippen molar-refractivity contribution in [1.29, 1.82) is 0 Å². The molecule has 7 atom stereocenters. The lowest BCUT2D eigenvalue weighted by Crippen LogP contribution is -2.61. The Bertz CT molecular complexity index is 383. The van der Waals surface area contributed by atoms with Crippen LogP contribution in [0.15, 0.2) is 0 Å². The van der Waals surface area contributed by atoms with E-state index in [0.717, 1.165) is 11.8 Å². The van der Waals surface area contributed by atoms with Crippen LogP contribution in [-0.4, -0.2) is 17.2 Å². The second kappa shape index (κ2) is 2.75. The van der Waals surface area contributed by atoms with E-state index in [2.05, 4.69) is 20.8 Å². The number of fused-ring (bicyclic) bond motifs is 2. The maximum atomic E-state index is 6.60. The van der Waals surface area contributed by atoms with Crippen molar-refractivity contribution in [1.82, 2.24) is 0 Å². The van der Waals surface area contributed by atoms with Gasteiger partial charge in [-0.25, -0.2) is 0 Å². The van der Waals surface area contributed by atoms with E-state index in [1.807, 2.05) is 0 Å². The van der Waals surface area contributed by atoms with Gasteiger partial charge < -0.3 is 10.5 Å². The largest absolute Gasteiger partial charge is 0.367 e. The van der Waals surface area contributed by atoms with Gasteiger partial charge in [-0.05, 0) is 63.2 Å². The molecule has 3 aliphatic carbocycles. The van der Waals surface area contributed by atoms with Gasteiger partial charge in [0.2, 0.25) is 0 Å². The number of hydrogen-bond donors (Lipinski definition) is 1. The molecule has 4 fully saturated rings. The summed E-state index contributed by atoms with van der Waals surface area (Å²) in [5.41, 5.74) is 7.20. The fraction of sp³-hybridized carbons (Fsp3) is 1.00. The van der Waals surface area contributed by atoms with Crippen molar-refractivity contribution in [3.05, 3.63) is 0 Å². The van der Waals surface area contributed by atoms with Crippen molar-refractivity contribution in [2.75, 3.05) is 0 Å². The quantitative estimate of drug-likeness (QED) is 0.700. The highest BCUT2D eigenvalue weighted by molar-refractivity contribution is 5.23. The first-order chi connectivity index (χ1) is 7.92. The molecular formula is C15H25NO. The highest BCUT2D eigenvalue weighted by atomic mass is 16.5. The molecule has 0 unspecified atom stereocenters. The van der Waals surface area contributed by atoms with Crippen molar-refractivity contribution < 1.29 is 4.74 Å². The number of nitrogens with two attached hydrogens (primary N) is 1. The topological polar surface area (TPSA) is 35.2 Å². The maximum Gasteiger partial charge on any atom is 0.0849 e. The fourth-order valence-electron chi connectivity index (χ4n) is 6.26. The molecule has 1 aliphatic heterocycles. The van der Waals surface area contributed by atoms with Crippen molar-refractivity contribution in [2.45, 2.75) is 70.1 Å². The zero-order chi connectivity index (χ0) is 12.1. The summed E-state index contributed by atoms with van der Waals surface area (Å²) in [5.74, 6) is 2.21. The molecule has 4 aliphatic rings. The molecular weight excluding hydrogens is 210 g/mol. The van der Waals surface area contributed by atoms with E-state index >= 15 is 0 Å². The first-order valence-corrected chi connectivity index (χ1v) is 7.38. The van der Waals surface area contributed by atoms with Gasteiger partial charge in [0, 0.05) is 12.0 Å². The summed E-state index contributed by atoms with van der Waals surface area (Å²) in [5, 5.41) is 0. The summed E-state index contributed by atoms with van der Waals surface area (Å²) >= 11 is 0. The molecule has 0 aromatic heterocycles. The highest BCUT2D eigenvalue weighted by Crippen LogP contribution is 2.71. The summed E-state index contributed by atoms with van der Waals surface area (Å²) in [7, 11) is 0. The van der Waals surface area contributed by atoms with Crippen LogP contribution in [0.4, 0.5) is 0 Å².